The van der Waals surface area contributed by atoms with Gasteiger partial charge in [0.05, 0.1) is 0 Å². The predicted octanol–water partition coefficient (Wildman–Crippen LogP) is 4.48. The lowest BCUT2D eigenvalue weighted by Gasteiger charge is -2.27. The number of hydrogen-bond acceptors (Lipinski definition) is 2. The Labute approximate surface area is 141 Å². The Morgan fingerprint density at radius 2 is 2.09 bits per heavy atom. The minimum Gasteiger partial charge on any atom is -0.481 e. The van der Waals surface area contributed by atoms with Gasteiger partial charge < -0.3 is 9.64 Å². The van der Waals surface area contributed by atoms with Gasteiger partial charge in [0.2, 0.25) is 0 Å². The molecule has 1 heterocycles. The Balaban J connectivity index is 1.83. The van der Waals surface area contributed by atoms with Gasteiger partial charge in [0.25, 0.3) is 5.91 Å². The number of anilines is 1. The SMILES string of the molecule is CCC(Oc1cccc(Cl)c1)C(=O)N1c2ccccc2CC1C. The van der Waals surface area contributed by atoms with Gasteiger partial charge in [-0.2, -0.15) is 0 Å². The van der Waals surface area contributed by atoms with E-state index in [-0.39, 0.29) is 11.9 Å². The average molecular weight is 330 g/mol. The van der Waals surface area contributed by atoms with E-state index < -0.39 is 6.10 Å². The standard InChI is InChI=1S/C19H20ClNO2/c1-3-18(23-16-9-6-8-15(20)12-16)19(22)21-13(2)11-14-7-4-5-10-17(14)21/h4-10,12-13,18H,3,11H2,1-2H3. The van der Waals surface area contributed by atoms with Crippen LogP contribution in [0, 0.1) is 0 Å². The van der Waals surface area contributed by atoms with Gasteiger partial charge in [-0.25, -0.2) is 0 Å². The van der Waals surface area contributed by atoms with Gasteiger partial charge >= 0.3 is 0 Å². The maximum Gasteiger partial charge on any atom is 0.268 e. The largest absolute Gasteiger partial charge is 0.481 e. The number of benzene rings is 2. The first-order valence-corrected chi connectivity index (χ1v) is 8.31. The molecule has 3 nitrogen and oxygen atoms in total. The number of fused-ring (bicyclic) bond motifs is 1. The molecule has 2 unspecified atom stereocenters. The molecule has 0 spiro atoms. The van der Waals surface area contributed by atoms with E-state index in [9.17, 15) is 4.79 Å². The average Bonchev–Trinajstić information content (AvgIpc) is 2.87. The topological polar surface area (TPSA) is 29.5 Å². The molecule has 3 rings (SSSR count). The van der Waals surface area contributed by atoms with Crippen LogP contribution in [0.15, 0.2) is 48.5 Å². The molecule has 2 aromatic rings. The van der Waals surface area contributed by atoms with Crippen LogP contribution in [0.5, 0.6) is 5.75 Å². The number of ether oxygens (including phenoxy) is 1. The first-order chi connectivity index (χ1) is 11.1. The van der Waals surface area contributed by atoms with Crippen molar-refractivity contribution >= 4 is 23.2 Å². The molecule has 0 N–H and O–H groups in total. The fraction of sp³-hybridized carbons (Fsp3) is 0.316. The zero-order chi connectivity index (χ0) is 16.4. The minimum absolute atomic E-state index is 0.00456. The van der Waals surface area contributed by atoms with Crippen LogP contribution in [0.2, 0.25) is 5.02 Å². The molecule has 1 amide bonds. The molecule has 0 bridgehead atoms. The number of nitrogens with zero attached hydrogens (tertiary/aromatic N) is 1. The lowest BCUT2D eigenvalue weighted by Crippen LogP contribution is -2.44. The monoisotopic (exact) mass is 329 g/mol. The van der Waals surface area contributed by atoms with Crippen LogP contribution < -0.4 is 9.64 Å². The second-order valence-corrected chi connectivity index (χ2v) is 6.30. The third kappa shape index (κ3) is 3.20. The van der Waals surface area contributed by atoms with Gasteiger partial charge in [0, 0.05) is 16.8 Å². The smallest absolute Gasteiger partial charge is 0.268 e. The molecular weight excluding hydrogens is 310 g/mol. The molecule has 0 saturated carbocycles. The Morgan fingerprint density at radius 3 is 2.83 bits per heavy atom. The van der Waals surface area contributed by atoms with Crippen molar-refractivity contribution in [1.82, 2.24) is 0 Å². The maximum atomic E-state index is 13.0. The van der Waals surface area contributed by atoms with Crippen molar-refractivity contribution in [3.05, 3.63) is 59.1 Å². The summed E-state index contributed by atoms with van der Waals surface area (Å²) in [4.78, 5) is 14.9. The molecule has 2 atom stereocenters. The molecule has 1 aliphatic heterocycles. The number of hydrogen-bond donors (Lipinski definition) is 0. The molecule has 0 fully saturated rings. The molecule has 0 saturated heterocycles. The highest BCUT2D eigenvalue weighted by Crippen LogP contribution is 2.33. The van der Waals surface area contributed by atoms with Crippen LogP contribution in [-0.2, 0) is 11.2 Å². The van der Waals surface area contributed by atoms with E-state index in [1.807, 2.05) is 42.2 Å². The number of halogens is 1. The summed E-state index contributed by atoms with van der Waals surface area (Å²) in [6.45, 7) is 4.03. The van der Waals surface area contributed by atoms with Crippen LogP contribution in [-0.4, -0.2) is 18.1 Å². The zero-order valence-corrected chi connectivity index (χ0v) is 14.1. The summed E-state index contributed by atoms with van der Waals surface area (Å²) in [6.07, 6.45) is 0.980. The fourth-order valence-electron chi connectivity index (χ4n) is 3.07. The molecular formula is C19H20ClNO2. The van der Waals surface area contributed by atoms with Crippen molar-refractivity contribution in [1.29, 1.82) is 0 Å². The van der Waals surface area contributed by atoms with Crippen LogP contribution in [0.25, 0.3) is 0 Å². The highest BCUT2D eigenvalue weighted by molar-refractivity contribution is 6.30. The van der Waals surface area contributed by atoms with Gasteiger partial charge in [-0.3, -0.25) is 4.79 Å². The lowest BCUT2D eigenvalue weighted by molar-refractivity contribution is -0.125. The molecule has 0 radical (unpaired) electrons. The molecule has 0 aliphatic carbocycles. The third-order valence-corrected chi connectivity index (χ3v) is 4.40. The number of rotatable bonds is 4. The normalized spacial score (nSPS) is 17.7. The molecule has 2 aromatic carbocycles. The van der Waals surface area contributed by atoms with E-state index in [2.05, 4.69) is 13.0 Å². The molecule has 0 aromatic heterocycles. The van der Waals surface area contributed by atoms with Gasteiger partial charge in [-0.15, -0.1) is 0 Å². The van der Waals surface area contributed by atoms with Crippen LogP contribution in [0.1, 0.15) is 25.8 Å². The highest BCUT2D eigenvalue weighted by Gasteiger charge is 2.34. The highest BCUT2D eigenvalue weighted by atomic mass is 35.5. The zero-order valence-electron chi connectivity index (χ0n) is 13.3. The summed E-state index contributed by atoms with van der Waals surface area (Å²) in [5.74, 6) is 0.628. The van der Waals surface area contributed by atoms with Gasteiger partial charge in [0.15, 0.2) is 6.10 Å². The number of carbonyl (C=O) groups is 1. The number of amides is 1. The Hall–Kier alpha value is -2.00. The Morgan fingerprint density at radius 1 is 1.30 bits per heavy atom. The first kappa shape index (κ1) is 15.9. The Kier molecular flexibility index (Phi) is 4.58. The Bertz CT molecular complexity index is 716. The molecule has 1 aliphatic rings. The summed E-state index contributed by atoms with van der Waals surface area (Å²) in [7, 11) is 0. The summed E-state index contributed by atoms with van der Waals surface area (Å²) >= 11 is 5.99. The summed E-state index contributed by atoms with van der Waals surface area (Å²) < 4.78 is 5.91. The number of para-hydroxylation sites is 1. The van der Waals surface area contributed by atoms with E-state index in [4.69, 9.17) is 16.3 Å². The van der Waals surface area contributed by atoms with Crippen molar-refractivity contribution in [3.63, 3.8) is 0 Å². The predicted molar refractivity (Wildman–Crippen MR) is 93.3 cm³/mol. The van der Waals surface area contributed by atoms with E-state index in [1.54, 1.807) is 12.1 Å². The van der Waals surface area contributed by atoms with Crippen molar-refractivity contribution in [2.45, 2.75) is 38.8 Å². The summed E-state index contributed by atoms with van der Waals surface area (Å²) in [5.41, 5.74) is 2.21. The summed E-state index contributed by atoms with van der Waals surface area (Å²) in [6, 6.07) is 15.4. The quantitative estimate of drug-likeness (QED) is 0.828. The minimum atomic E-state index is -0.512. The van der Waals surface area contributed by atoms with Crippen LogP contribution >= 0.6 is 11.6 Å². The summed E-state index contributed by atoms with van der Waals surface area (Å²) in [5, 5.41) is 0.602. The van der Waals surface area contributed by atoms with E-state index >= 15 is 0 Å². The van der Waals surface area contributed by atoms with Crippen LogP contribution in [0.4, 0.5) is 5.69 Å². The van der Waals surface area contributed by atoms with Crippen molar-refractivity contribution in [3.8, 4) is 5.75 Å². The molecule has 4 heteroatoms. The van der Waals surface area contributed by atoms with Crippen molar-refractivity contribution < 1.29 is 9.53 Å². The van der Waals surface area contributed by atoms with E-state index in [0.717, 1.165) is 12.1 Å². The van der Waals surface area contributed by atoms with E-state index in [0.29, 0.717) is 17.2 Å². The van der Waals surface area contributed by atoms with Crippen LogP contribution in [0.3, 0.4) is 0 Å². The van der Waals surface area contributed by atoms with Gasteiger partial charge in [0.1, 0.15) is 5.75 Å². The second-order valence-electron chi connectivity index (χ2n) is 5.86. The van der Waals surface area contributed by atoms with E-state index in [1.165, 1.54) is 5.56 Å². The first-order valence-electron chi connectivity index (χ1n) is 7.93. The van der Waals surface area contributed by atoms with Gasteiger partial charge in [-0.05, 0) is 49.6 Å². The van der Waals surface area contributed by atoms with Crippen molar-refractivity contribution in [2.75, 3.05) is 4.90 Å². The van der Waals surface area contributed by atoms with Gasteiger partial charge in [-0.1, -0.05) is 42.8 Å². The van der Waals surface area contributed by atoms with Crippen molar-refractivity contribution in [2.24, 2.45) is 0 Å². The fourth-order valence-corrected chi connectivity index (χ4v) is 3.25. The molecule has 23 heavy (non-hydrogen) atoms. The second kappa shape index (κ2) is 6.63. The number of carbonyl (C=O) groups excluding carboxylic acids is 1. The molecule has 120 valence electrons. The third-order valence-electron chi connectivity index (χ3n) is 4.17. The lowest BCUT2D eigenvalue weighted by atomic mass is 10.1. The maximum absolute atomic E-state index is 13.0.